The van der Waals surface area contributed by atoms with E-state index in [1.54, 1.807) is 0 Å². The molecule has 0 amide bonds. The lowest BCUT2D eigenvalue weighted by atomic mass is 9.43. The first-order valence-corrected chi connectivity index (χ1v) is 11.4. The maximum Gasteiger partial charge on any atom is 0.0978 e. The predicted octanol–water partition coefficient (Wildman–Crippen LogP) is 4.39. The molecule has 3 nitrogen and oxygen atoms in total. The molecule has 1 aromatic carbocycles. The van der Waals surface area contributed by atoms with E-state index in [2.05, 4.69) is 13.8 Å². The number of aliphatic hydroxyl groups excluding tert-OH is 1. The highest BCUT2D eigenvalue weighted by Gasteiger charge is 2.71. The van der Waals surface area contributed by atoms with E-state index in [-0.39, 0.29) is 17.4 Å². The summed E-state index contributed by atoms with van der Waals surface area (Å²) < 4.78 is 0. The monoisotopic (exact) mass is 384 g/mol. The van der Waals surface area contributed by atoms with Gasteiger partial charge in [-0.05, 0) is 86.5 Å². The summed E-state index contributed by atoms with van der Waals surface area (Å²) in [5.41, 5.74) is -1.06. The Bertz CT molecular complexity index is 749. The van der Waals surface area contributed by atoms with Crippen LogP contribution in [0.4, 0.5) is 0 Å². The molecule has 1 aromatic rings. The summed E-state index contributed by atoms with van der Waals surface area (Å²) >= 11 is 0. The van der Waals surface area contributed by atoms with Crippen LogP contribution in [0.15, 0.2) is 30.3 Å². The van der Waals surface area contributed by atoms with Crippen LogP contribution in [0.2, 0.25) is 0 Å². The van der Waals surface area contributed by atoms with E-state index in [4.69, 9.17) is 0 Å². The lowest BCUT2D eigenvalue weighted by Gasteiger charge is -2.64. The zero-order valence-electron chi connectivity index (χ0n) is 17.4. The van der Waals surface area contributed by atoms with Crippen LogP contribution in [0.25, 0.3) is 0 Å². The molecule has 4 saturated carbocycles. The fourth-order valence-corrected chi connectivity index (χ4v) is 8.40. The van der Waals surface area contributed by atoms with E-state index in [0.29, 0.717) is 24.7 Å². The molecule has 0 spiro atoms. The summed E-state index contributed by atoms with van der Waals surface area (Å²) in [6.07, 6.45) is 8.22. The van der Waals surface area contributed by atoms with Gasteiger partial charge in [-0.1, -0.05) is 44.2 Å². The summed E-state index contributed by atoms with van der Waals surface area (Å²) in [7, 11) is 0. The average molecular weight is 385 g/mol. The zero-order valence-corrected chi connectivity index (χ0v) is 17.4. The molecule has 5 rings (SSSR count). The Labute approximate surface area is 169 Å². The second-order valence-electron chi connectivity index (χ2n) is 10.9. The van der Waals surface area contributed by atoms with Gasteiger partial charge in [0.15, 0.2) is 0 Å². The van der Waals surface area contributed by atoms with Crippen LogP contribution < -0.4 is 0 Å². The summed E-state index contributed by atoms with van der Waals surface area (Å²) in [6.45, 7) is 4.59. The number of fused-ring (bicyclic) bond motifs is 5. The van der Waals surface area contributed by atoms with E-state index in [1.165, 1.54) is 0 Å². The molecule has 0 heterocycles. The minimum atomic E-state index is -0.950. The van der Waals surface area contributed by atoms with Gasteiger partial charge in [0.1, 0.15) is 0 Å². The largest absolute Gasteiger partial charge is 0.393 e. The third-order valence-corrected chi connectivity index (χ3v) is 10.2. The molecule has 3 N–H and O–H groups in total. The van der Waals surface area contributed by atoms with Gasteiger partial charge in [-0.25, -0.2) is 0 Å². The quantitative estimate of drug-likeness (QED) is 0.673. The third kappa shape index (κ3) is 2.22. The summed E-state index contributed by atoms with van der Waals surface area (Å²) in [5.74, 6) is 1.36. The zero-order chi connectivity index (χ0) is 19.8. The van der Waals surface area contributed by atoms with Gasteiger partial charge < -0.3 is 15.3 Å². The fraction of sp³-hybridized carbons (Fsp3) is 0.760. The lowest BCUT2D eigenvalue weighted by molar-refractivity contribution is -0.238. The predicted molar refractivity (Wildman–Crippen MR) is 110 cm³/mol. The Morgan fingerprint density at radius 1 is 0.821 bits per heavy atom. The number of hydrogen-bond donors (Lipinski definition) is 3. The number of benzene rings is 1. The summed E-state index contributed by atoms with van der Waals surface area (Å²) in [6, 6.07) is 10.1. The minimum absolute atomic E-state index is 0.138. The molecule has 0 aliphatic heterocycles. The van der Waals surface area contributed by atoms with E-state index < -0.39 is 16.6 Å². The average Bonchev–Trinajstić information content (AvgIpc) is 2.91. The van der Waals surface area contributed by atoms with Crippen molar-refractivity contribution in [1.82, 2.24) is 0 Å². The smallest absolute Gasteiger partial charge is 0.0978 e. The van der Waals surface area contributed by atoms with Crippen molar-refractivity contribution >= 4 is 0 Å². The van der Waals surface area contributed by atoms with E-state index >= 15 is 0 Å². The molecule has 0 radical (unpaired) electrons. The van der Waals surface area contributed by atoms with Crippen molar-refractivity contribution in [3.8, 4) is 0 Å². The van der Waals surface area contributed by atoms with Crippen LogP contribution in [0.3, 0.4) is 0 Å². The second-order valence-corrected chi connectivity index (χ2v) is 10.9. The number of hydrogen-bond acceptors (Lipinski definition) is 3. The molecule has 8 atom stereocenters. The SMILES string of the molecule is C[C@]12CC[C@H](O)C[C@@H]1CC[C@@H]1[C@@H]2CC[C@]2(C)[C@@](O)(c3ccccc3)CC[C@]12O. The van der Waals surface area contributed by atoms with Gasteiger partial charge in [-0.2, -0.15) is 0 Å². The highest BCUT2D eigenvalue weighted by Crippen LogP contribution is 2.71. The van der Waals surface area contributed by atoms with Crippen molar-refractivity contribution in [3.63, 3.8) is 0 Å². The van der Waals surface area contributed by atoms with Crippen LogP contribution in [0, 0.1) is 28.6 Å². The number of aliphatic hydroxyl groups is 3. The molecule has 0 bridgehead atoms. The maximum atomic E-state index is 12.2. The molecule has 0 saturated heterocycles. The molecular weight excluding hydrogens is 348 g/mol. The number of rotatable bonds is 1. The second kappa shape index (κ2) is 6.06. The third-order valence-electron chi connectivity index (χ3n) is 10.2. The lowest BCUT2D eigenvalue weighted by Crippen LogP contribution is -2.64. The Morgan fingerprint density at radius 3 is 2.32 bits per heavy atom. The molecule has 154 valence electrons. The minimum Gasteiger partial charge on any atom is -0.393 e. The highest BCUT2D eigenvalue weighted by molar-refractivity contribution is 5.32. The van der Waals surface area contributed by atoms with Crippen molar-refractivity contribution in [2.75, 3.05) is 0 Å². The first kappa shape index (κ1) is 19.1. The van der Waals surface area contributed by atoms with E-state index in [1.807, 2.05) is 30.3 Å². The topological polar surface area (TPSA) is 60.7 Å². The Morgan fingerprint density at radius 2 is 1.57 bits per heavy atom. The van der Waals surface area contributed by atoms with Gasteiger partial charge >= 0.3 is 0 Å². The van der Waals surface area contributed by atoms with Crippen molar-refractivity contribution in [3.05, 3.63) is 35.9 Å². The fourth-order valence-electron chi connectivity index (χ4n) is 8.40. The van der Waals surface area contributed by atoms with Gasteiger partial charge in [0.05, 0.1) is 17.3 Å². The van der Waals surface area contributed by atoms with Crippen LogP contribution in [-0.2, 0) is 5.60 Å². The van der Waals surface area contributed by atoms with Gasteiger partial charge in [-0.15, -0.1) is 0 Å². The maximum absolute atomic E-state index is 12.2. The van der Waals surface area contributed by atoms with Crippen LogP contribution >= 0.6 is 0 Å². The standard InChI is InChI=1S/C25H36O3/c1-22-12-10-19(26)16-18(22)8-9-21-20(22)11-13-23(2)24(27,14-15-25(21,23)28)17-6-4-3-5-7-17/h3-7,18-21,26-28H,8-16H2,1-2H3/t18-,19-,20-,21+,22-,23+,24-,25-/m0/s1. The first-order chi connectivity index (χ1) is 13.2. The van der Waals surface area contributed by atoms with Crippen molar-refractivity contribution in [2.45, 2.75) is 88.9 Å². The van der Waals surface area contributed by atoms with Gasteiger partial charge in [-0.3, -0.25) is 0 Å². The summed E-state index contributed by atoms with van der Waals surface area (Å²) in [4.78, 5) is 0. The van der Waals surface area contributed by atoms with Crippen molar-refractivity contribution < 1.29 is 15.3 Å². The molecular formula is C25H36O3. The summed E-state index contributed by atoms with van der Waals surface area (Å²) in [5, 5.41) is 34.3. The molecule has 4 aliphatic carbocycles. The first-order valence-electron chi connectivity index (χ1n) is 11.4. The van der Waals surface area contributed by atoms with Crippen molar-refractivity contribution in [2.24, 2.45) is 28.6 Å². The normalized spacial score (nSPS) is 53.2. The molecule has 0 unspecified atom stereocenters. The molecule has 28 heavy (non-hydrogen) atoms. The molecule has 4 aliphatic rings. The van der Waals surface area contributed by atoms with E-state index in [9.17, 15) is 15.3 Å². The van der Waals surface area contributed by atoms with Crippen LogP contribution in [0.1, 0.15) is 77.2 Å². The Kier molecular flexibility index (Phi) is 4.13. The van der Waals surface area contributed by atoms with Gasteiger partial charge in [0.2, 0.25) is 0 Å². The van der Waals surface area contributed by atoms with Gasteiger partial charge in [0.25, 0.3) is 0 Å². The Hall–Kier alpha value is -0.900. The Balaban J connectivity index is 1.52. The molecule has 4 fully saturated rings. The van der Waals surface area contributed by atoms with Crippen molar-refractivity contribution in [1.29, 1.82) is 0 Å². The van der Waals surface area contributed by atoms with Crippen LogP contribution in [0.5, 0.6) is 0 Å². The highest BCUT2D eigenvalue weighted by atomic mass is 16.3. The molecule has 0 aromatic heterocycles. The van der Waals surface area contributed by atoms with Gasteiger partial charge in [0, 0.05) is 5.41 Å². The van der Waals surface area contributed by atoms with E-state index in [0.717, 1.165) is 50.5 Å². The molecule has 3 heteroatoms. The van der Waals surface area contributed by atoms with Crippen LogP contribution in [-0.4, -0.2) is 27.0 Å².